The molecule has 2 saturated heterocycles. The smallest absolute Gasteiger partial charge is 0.250 e. The molecule has 0 saturated carbocycles. The van der Waals surface area contributed by atoms with E-state index in [1.54, 1.807) is 12.1 Å². The maximum Gasteiger partial charge on any atom is 0.250 e. The van der Waals surface area contributed by atoms with Crippen molar-refractivity contribution in [1.29, 1.82) is 0 Å². The lowest BCUT2D eigenvalue weighted by Gasteiger charge is -2.29. The van der Waals surface area contributed by atoms with Gasteiger partial charge in [0, 0.05) is 23.8 Å². The Hall–Kier alpha value is -3.39. The van der Waals surface area contributed by atoms with E-state index in [1.165, 1.54) is 17.0 Å². The zero-order valence-electron chi connectivity index (χ0n) is 17.7. The zero-order chi connectivity index (χ0) is 22.6. The highest BCUT2D eigenvalue weighted by molar-refractivity contribution is 6.15. The van der Waals surface area contributed by atoms with Gasteiger partial charge in [-0.05, 0) is 36.6 Å². The fourth-order valence-electron chi connectivity index (χ4n) is 5.48. The normalized spacial score (nSPS) is 28.3. The molecule has 0 aliphatic carbocycles. The molecule has 2 aromatic carbocycles. The van der Waals surface area contributed by atoms with Crippen LogP contribution in [0.15, 0.2) is 42.5 Å². The van der Waals surface area contributed by atoms with Crippen LogP contribution >= 0.6 is 0 Å². The highest BCUT2D eigenvalue weighted by atomic mass is 16.3. The summed E-state index contributed by atoms with van der Waals surface area (Å²) in [5.41, 5.74) is 0.680. The number of phenols is 2. The first-order chi connectivity index (χ1) is 15.4. The maximum absolute atomic E-state index is 13.5. The zero-order valence-corrected chi connectivity index (χ0v) is 17.7. The van der Waals surface area contributed by atoms with Gasteiger partial charge < -0.3 is 15.5 Å². The third-order valence-electron chi connectivity index (χ3n) is 6.94. The number of imide groups is 1. The van der Waals surface area contributed by atoms with Crippen molar-refractivity contribution >= 4 is 23.4 Å². The van der Waals surface area contributed by atoms with Crippen LogP contribution in [0.2, 0.25) is 0 Å². The second-order valence-electron chi connectivity index (χ2n) is 8.77. The standard InChI is InChI=1S/C24H25N3O5/c1-2-3-10-27-21(30)19-16(11-13-8-9-17(28)18(29)12-13)26-24(20(19)22(27)31)14-6-4-5-7-15(14)25-23(24)32/h4-9,12,16,19-20,26,28-29H,2-3,10-11H2,1H3,(H,25,32)/t16-,19+,20-,24+/m0/s1. The molecule has 0 bridgehead atoms. The number of phenolic OH excluding ortho intramolecular Hbond substituents is 2. The molecule has 3 heterocycles. The number of hydrogen-bond acceptors (Lipinski definition) is 6. The van der Waals surface area contributed by atoms with Crippen molar-refractivity contribution in [2.45, 2.75) is 37.8 Å². The minimum absolute atomic E-state index is 0.232. The number of carbonyl (C=O) groups is 3. The van der Waals surface area contributed by atoms with Gasteiger partial charge in [-0.1, -0.05) is 37.6 Å². The summed E-state index contributed by atoms with van der Waals surface area (Å²) >= 11 is 0. The fourth-order valence-corrected chi connectivity index (χ4v) is 5.48. The molecular weight excluding hydrogens is 410 g/mol. The summed E-state index contributed by atoms with van der Waals surface area (Å²) in [6.07, 6.45) is 1.86. The van der Waals surface area contributed by atoms with Gasteiger partial charge in [0.2, 0.25) is 17.7 Å². The van der Waals surface area contributed by atoms with Crippen molar-refractivity contribution < 1.29 is 24.6 Å². The van der Waals surface area contributed by atoms with E-state index in [0.29, 0.717) is 36.2 Å². The Morgan fingerprint density at radius 3 is 2.56 bits per heavy atom. The lowest BCUT2D eigenvalue weighted by molar-refractivity contribution is -0.142. The van der Waals surface area contributed by atoms with Crippen LogP contribution in [-0.4, -0.2) is 45.4 Å². The number of nitrogens with zero attached hydrogens (tertiary/aromatic N) is 1. The summed E-state index contributed by atoms with van der Waals surface area (Å²) in [5, 5.41) is 25.8. The van der Waals surface area contributed by atoms with E-state index in [1.807, 2.05) is 25.1 Å². The number of para-hydroxylation sites is 1. The minimum atomic E-state index is -1.32. The number of anilines is 1. The van der Waals surface area contributed by atoms with Crippen LogP contribution in [0.3, 0.4) is 0 Å². The Morgan fingerprint density at radius 2 is 1.81 bits per heavy atom. The summed E-state index contributed by atoms with van der Waals surface area (Å²) in [7, 11) is 0. The Balaban J connectivity index is 1.59. The van der Waals surface area contributed by atoms with Crippen molar-refractivity contribution in [1.82, 2.24) is 10.2 Å². The van der Waals surface area contributed by atoms with Crippen LogP contribution < -0.4 is 10.6 Å². The number of amides is 3. The molecule has 2 fully saturated rings. The summed E-state index contributed by atoms with van der Waals surface area (Å²) in [4.78, 5) is 41.6. The van der Waals surface area contributed by atoms with E-state index in [9.17, 15) is 24.6 Å². The quantitative estimate of drug-likeness (QED) is 0.421. The van der Waals surface area contributed by atoms with Gasteiger partial charge >= 0.3 is 0 Å². The number of hydrogen-bond donors (Lipinski definition) is 4. The first-order valence-corrected chi connectivity index (χ1v) is 10.9. The summed E-state index contributed by atoms with van der Waals surface area (Å²) in [6, 6.07) is 11.2. The van der Waals surface area contributed by atoms with Gasteiger partial charge in [0.25, 0.3) is 0 Å². The van der Waals surface area contributed by atoms with E-state index >= 15 is 0 Å². The molecule has 3 aliphatic rings. The number of benzene rings is 2. The third-order valence-corrected chi connectivity index (χ3v) is 6.94. The van der Waals surface area contributed by atoms with Gasteiger partial charge in [0.1, 0.15) is 5.54 Å². The highest BCUT2D eigenvalue weighted by Crippen LogP contribution is 2.53. The monoisotopic (exact) mass is 435 g/mol. The first-order valence-electron chi connectivity index (χ1n) is 10.9. The summed E-state index contributed by atoms with van der Waals surface area (Å²) in [6.45, 7) is 2.34. The fraction of sp³-hybridized carbons (Fsp3) is 0.375. The number of aromatic hydroxyl groups is 2. The van der Waals surface area contributed by atoms with E-state index in [2.05, 4.69) is 10.6 Å². The average Bonchev–Trinajstić information content (AvgIpc) is 3.34. The number of unbranched alkanes of at least 4 members (excludes halogenated alkanes) is 1. The van der Waals surface area contributed by atoms with E-state index in [0.717, 1.165) is 6.42 Å². The van der Waals surface area contributed by atoms with Crippen LogP contribution in [-0.2, 0) is 26.3 Å². The molecule has 32 heavy (non-hydrogen) atoms. The first kappa shape index (κ1) is 20.5. The van der Waals surface area contributed by atoms with Crippen molar-refractivity contribution in [3.63, 3.8) is 0 Å². The Bertz CT molecular complexity index is 1130. The van der Waals surface area contributed by atoms with Crippen LogP contribution in [0, 0.1) is 11.8 Å². The molecule has 0 unspecified atom stereocenters. The lowest BCUT2D eigenvalue weighted by atomic mass is 9.76. The van der Waals surface area contributed by atoms with Gasteiger partial charge in [-0.25, -0.2) is 0 Å². The molecule has 0 aromatic heterocycles. The molecule has 166 valence electrons. The second-order valence-corrected chi connectivity index (χ2v) is 8.77. The molecule has 4 N–H and O–H groups in total. The van der Waals surface area contributed by atoms with Crippen molar-refractivity contribution in [2.24, 2.45) is 11.8 Å². The number of rotatable bonds is 5. The predicted octanol–water partition coefficient (Wildman–Crippen LogP) is 1.86. The molecule has 3 amide bonds. The van der Waals surface area contributed by atoms with E-state index in [4.69, 9.17) is 0 Å². The van der Waals surface area contributed by atoms with Gasteiger partial charge in [-0.3, -0.25) is 24.6 Å². The van der Waals surface area contributed by atoms with Crippen molar-refractivity contribution in [3.05, 3.63) is 53.6 Å². The molecule has 8 heteroatoms. The van der Waals surface area contributed by atoms with Crippen LogP contribution in [0.1, 0.15) is 30.9 Å². The SMILES string of the molecule is CCCCN1C(=O)[C@@H]2[C@H](Cc3ccc(O)c(O)c3)N[C@@]3(C(=O)Nc4ccccc43)[C@@H]2C1=O. The maximum atomic E-state index is 13.5. The van der Waals surface area contributed by atoms with Crippen LogP contribution in [0.25, 0.3) is 0 Å². The largest absolute Gasteiger partial charge is 0.504 e. The molecule has 3 aliphatic heterocycles. The molecule has 1 spiro atoms. The van der Waals surface area contributed by atoms with E-state index < -0.39 is 23.4 Å². The molecular formula is C24H25N3O5. The van der Waals surface area contributed by atoms with E-state index in [-0.39, 0.29) is 29.2 Å². The van der Waals surface area contributed by atoms with Gasteiger partial charge in [-0.15, -0.1) is 0 Å². The molecule has 0 radical (unpaired) electrons. The summed E-state index contributed by atoms with van der Waals surface area (Å²) in [5.74, 6) is -2.94. The summed E-state index contributed by atoms with van der Waals surface area (Å²) < 4.78 is 0. The number of fused-ring (bicyclic) bond motifs is 4. The van der Waals surface area contributed by atoms with Crippen molar-refractivity contribution in [3.8, 4) is 11.5 Å². The molecule has 5 rings (SSSR count). The lowest BCUT2D eigenvalue weighted by Crippen LogP contribution is -2.53. The molecule has 8 nitrogen and oxygen atoms in total. The van der Waals surface area contributed by atoms with Gasteiger partial charge in [-0.2, -0.15) is 0 Å². The van der Waals surface area contributed by atoms with Crippen LogP contribution in [0.4, 0.5) is 5.69 Å². The number of carbonyl (C=O) groups excluding carboxylic acids is 3. The second kappa shape index (κ2) is 7.34. The molecule has 2 aromatic rings. The topological polar surface area (TPSA) is 119 Å². The highest BCUT2D eigenvalue weighted by Gasteiger charge is 2.70. The van der Waals surface area contributed by atoms with Gasteiger partial charge in [0.15, 0.2) is 11.5 Å². The average molecular weight is 435 g/mol. The number of nitrogens with one attached hydrogen (secondary N) is 2. The van der Waals surface area contributed by atoms with Gasteiger partial charge in [0.05, 0.1) is 11.8 Å². The molecule has 4 atom stereocenters. The predicted molar refractivity (Wildman–Crippen MR) is 116 cm³/mol. The van der Waals surface area contributed by atoms with Crippen LogP contribution in [0.5, 0.6) is 11.5 Å². The Morgan fingerprint density at radius 1 is 1.03 bits per heavy atom. The minimum Gasteiger partial charge on any atom is -0.504 e. The Labute approximate surface area is 185 Å². The Kier molecular flexibility index (Phi) is 4.70. The third kappa shape index (κ3) is 2.75. The van der Waals surface area contributed by atoms with Crippen molar-refractivity contribution in [2.75, 3.05) is 11.9 Å². The number of likely N-dealkylation sites (tertiary alicyclic amines) is 1.